The van der Waals surface area contributed by atoms with Crippen molar-refractivity contribution in [2.45, 2.75) is 4.90 Å². The van der Waals surface area contributed by atoms with Gasteiger partial charge in [0.1, 0.15) is 0 Å². The van der Waals surface area contributed by atoms with Crippen LogP contribution < -0.4 is 4.72 Å². The fraction of sp³-hybridized carbons (Fsp3) is 0.222. The van der Waals surface area contributed by atoms with Gasteiger partial charge in [-0.05, 0) is 36.4 Å². The predicted octanol–water partition coefficient (Wildman–Crippen LogP) is 2.30. The number of sulfonamides is 1. The van der Waals surface area contributed by atoms with Gasteiger partial charge in [-0.15, -0.1) is 0 Å². The maximum absolute atomic E-state index is 12.6. The topological polar surface area (TPSA) is 86.8 Å². The maximum atomic E-state index is 12.6. The lowest BCUT2D eigenvalue weighted by Gasteiger charge is -2.19. The van der Waals surface area contributed by atoms with E-state index in [-0.39, 0.29) is 22.9 Å². The van der Waals surface area contributed by atoms with E-state index < -0.39 is 15.9 Å². The molecule has 9 heteroatoms. The highest BCUT2D eigenvalue weighted by molar-refractivity contribution is 7.92. The van der Waals surface area contributed by atoms with Crippen LogP contribution in [0.2, 0.25) is 5.02 Å². The van der Waals surface area contributed by atoms with Crippen LogP contribution in [0.1, 0.15) is 10.4 Å². The van der Waals surface area contributed by atoms with Crippen LogP contribution in [0, 0.1) is 0 Å². The molecule has 0 aliphatic rings. The molecule has 2 aromatic carbocycles. The molecule has 0 aromatic heterocycles. The van der Waals surface area contributed by atoms with Gasteiger partial charge in [0.05, 0.1) is 17.1 Å². The summed E-state index contributed by atoms with van der Waals surface area (Å²) in [6.45, 7) is -0.108. The van der Waals surface area contributed by atoms with Gasteiger partial charge >= 0.3 is 0 Å². The van der Waals surface area contributed by atoms with Crippen molar-refractivity contribution in [3.63, 3.8) is 0 Å². The summed E-state index contributed by atoms with van der Waals surface area (Å²) in [6.07, 6.45) is 0. The van der Waals surface area contributed by atoms with Crippen molar-refractivity contribution in [3.05, 3.63) is 59.1 Å². The van der Waals surface area contributed by atoms with E-state index in [1.54, 1.807) is 32.3 Å². The number of nitrogens with one attached hydrogen (secondary N) is 1. The summed E-state index contributed by atoms with van der Waals surface area (Å²) >= 11 is 5.87. The lowest BCUT2D eigenvalue weighted by Crippen LogP contribution is -2.37. The van der Waals surface area contributed by atoms with E-state index >= 15 is 0 Å². The third-order valence-corrected chi connectivity index (χ3v) is 5.30. The first-order chi connectivity index (χ1) is 12.6. The summed E-state index contributed by atoms with van der Waals surface area (Å²) in [7, 11) is 0.764. The summed E-state index contributed by atoms with van der Waals surface area (Å²) in [6, 6.07) is 11.9. The number of rotatable bonds is 6. The third-order valence-electron chi connectivity index (χ3n) is 3.69. The molecule has 0 fully saturated rings. The molecule has 27 heavy (non-hydrogen) atoms. The molecule has 144 valence electrons. The van der Waals surface area contributed by atoms with Gasteiger partial charge in [0.25, 0.3) is 15.9 Å². The second-order valence-electron chi connectivity index (χ2n) is 6.09. The highest BCUT2D eigenvalue weighted by atomic mass is 35.5. The van der Waals surface area contributed by atoms with E-state index in [0.29, 0.717) is 10.7 Å². The Kier molecular flexibility index (Phi) is 6.45. The van der Waals surface area contributed by atoms with Crippen LogP contribution >= 0.6 is 11.6 Å². The number of benzene rings is 2. The van der Waals surface area contributed by atoms with Crippen LogP contribution in [-0.2, 0) is 14.8 Å². The molecule has 0 unspecified atom stereocenters. The Bertz CT molecular complexity index is 961. The number of carbonyl (C=O) groups excluding carboxylic acids is 2. The summed E-state index contributed by atoms with van der Waals surface area (Å²) in [4.78, 5) is 26.8. The first-order valence-electron chi connectivity index (χ1n) is 7.94. The Balaban J connectivity index is 2.23. The largest absolute Gasteiger partial charge is 0.347 e. The van der Waals surface area contributed by atoms with Gasteiger partial charge in [0, 0.05) is 31.7 Å². The fourth-order valence-corrected chi connectivity index (χ4v) is 3.48. The Morgan fingerprint density at radius 3 is 2.33 bits per heavy atom. The predicted molar refractivity (Wildman–Crippen MR) is 104 cm³/mol. The molecule has 2 amide bonds. The molecule has 0 heterocycles. The standard InChI is InChI=1S/C18H20ClN3O4S/c1-21(2)17(23)12-22(3)18(24)13-6-4-9-16(10-13)27(25,26)20-15-8-5-7-14(19)11-15/h4-11,20H,12H2,1-3H3. The Labute approximate surface area is 163 Å². The number of halogens is 1. The molecule has 0 bridgehead atoms. The summed E-state index contributed by atoms with van der Waals surface area (Å²) in [5.41, 5.74) is 0.478. The van der Waals surface area contributed by atoms with E-state index in [1.165, 1.54) is 47.2 Å². The molecule has 0 atom stereocenters. The molecule has 0 spiro atoms. The zero-order chi connectivity index (χ0) is 20.2. The van der Waals surface area contributed by atoms with Gasteiger partial charge < -0.3 is 9.80 Å². The SMILES string of the molecule is CN(C)C(=O)CN(C)C(=O)c1cccc(S(=O)(=O)Nc2cccc(Cl)c2)c1. The molecular formula is C18H20ClN3O4S. The molecule has 7 nitrogen and oxygen atoms in total. The number of anilines is 1. The van der Waals surface area contributed by atoms with Crippen LogP contribution in [-0.4, -0.2) is 57.7 Å². The number of carbonyl (C=O) groups is 2. The maximum Gasteiger partial charge on any atom is 0.261 e. The molecule has 0 aliphatic carbocycles. The number of likely N-dealkylation sites (N-methyl/N-ethyl adjacent to an activating group) is 2. The number of amides is 2. The van der Waals surface area contributed by atoms with Gasteiger partial charge in [0.2, 0.25) is 5.91 Å². The van der Waals surface area contributed by atoms with Crippen LogP contribution in [0.15, 0.2) is 53.4 Å². The van der Waals surface area contributed by atoms with Gasteiger partial charge in [-0.3, -0.25) is 14.3 Å². The highest BCUT2D eigenvalue weighted by Crippen LogP contribution is 2.20. The third kappa shape index (κ3) is 5.45. The van der Waals surface area contributed by atoms with Crippen molar-refractivity contribution < 1.29 is 18.0 Å². The molecular weight excluding hydrogens is 390 g/mol. The second-order valence-corrected chi connectivity index (χ2v) is 8.21. The highest BCUT2D eigenvalue weighted by Gasteiger charge is 2.20. The molecule has 0 radical (unpaired) electrons. The van der Waals surface area contributed by atoms with E-state index in [9.17, 15) is 18.0 Å². The first-order valence-corrected chi connectivity index (χ1v) is 9.80. The lowest BCUT2D eigenvalue weighted by atomic mass is 10.2. The summed E-state index contributed by atoms with van der Waals surface area (Å²) in [5, 5.41) is 0.395. The molecule has 1 N–H and O–H groups in total. The minimum Gasteiger partial charge on any atom is -0.347 e. The quantitative estimate of drug-likeness (QED) is 0.793. The minimum atomic E-state index is -3.90. The van der Waals surface area contributed by atoms with Crippen molar-refractivity contribution in [2.75, 3.05) is 32.4 Å². The van der Waals surface area contributed by atoms with Crippen molar-refractivity contribution in [1.82, 2.24) is 9.80 Å². The van der Waals surface area contributed by atoms with Gasteiger partial charge in [0.15, 0.2) is 0 Å². The van der Waals surface area contributed by atoms with Crippen molar-refractivity contribution in [2.24, 2.45) is 0 Å². The summed E-state index contributed by atoms with van der Waals surface area (Å²) < 4.78 is 27.6. The van der Waals surface area contributed by atoms with Gasteiger partial charge in [-0.2, -0.15) is 0 Å². The zero-order valence-electron chi connectivity index (χ0n) is 15.1. The lowest BCUT2D eigenvalue weighted by molar-refractivity contribution is -0.129. The number of hydrogen-bond acceptors (Lipinski definition) is 4. The van der Waals surface area contributed by atoms with Crippen molar-refractivity contribution in [3.8, 4) is 0 Å². The van der Waals surface area contributed by atoms with E-state index in [1.807, 2.05) is 0 Å². The van der Waals surface area contributed by atoms with Gasteiger partial charge in [-0.25, -0.2) is 8.42 Å². The van der Waals surface area contributed by atoms with E-state index in [2.05, 4.69) is 4.72 Å². The zero-order valence-corrected chi connectivity index (χ0v) is 16.7. The van der Waals surface area contributed by atoms with E-state index in [0.717, 1.165) is 0 Å². The Morgan fingerprint density at radius 2 is 1.70 bits per heavy atom. The second kappa shape index (κ2) is 8.41. The minimum absolute atomic E-state index is 0.0688. The van der Waals surface area contributed by atoms with Crippen molar-refractivity contribution in [1.29, 1.82) is 0 Å². The molecule has 2 aromatic rings. The molecule has 2 rings (SSSR count). The summed E-state index contributed by atoms with van der Waals surface area (Å²) in [5.74, 6) is -0.692. The molecule has 0 aliphatic heterocycles. The average molecular weight is 410 g/mol. The molecule has 0 saturated heterocycles. The normalized spacial score (nSPS) is 11.0. The van der Waals surface area contributed by atoms with Crippen molar-refractivity contribution >= 4 is 39.1 Å². The van der Waals surface area contributed by atoms with Crippen LogP contribution in [0.5, 0.6) is 0 Å². The first kappa shape index (κ1) is 20.7. The Hall–Kier alpha value is -2.58. The number of hydrogen-bond donors (Lipinski definition) is 1. The average Bonchev–Trinajstić information content (AvgIpc) is 2.60. The fourth-order valence-electron chi connectivity index (χ4n) is 2.20. The Morgan fingerprint density at radius 1 is 1.04 bits per heavy atom. The van der Waals surface area contributed by atoms with Crippen LogP contribution in [0.4, 0.5) is 5.69 Å². The molecule has 0 saturated carbocycles. The van der Waals surface area contributed by atoms with Crippen LogP contribution in [0.3, 0.4) is 0 Å². The van der Waals surface area contributed by atoms with E-state index in [4.69, 9.17) is 11.6 Å². The monoisotopic (exact) mass is 409 g/mol. The van der Waals surface area contributed by atoms with Crippen LogP contribution in [0.25, 0.3) is 0 Å². The van der Waals surface area contributed by atoms with Gasteiger partial charge in [-0.1, -0.05) is 23.7 Å². The number of nitrogens with zero attached hydrogens (tertiary/aromatic N) is 2. The smallest absolute Gasteiger partial charge is 0.261 e.